The average molecular weight is 371 g/mol. The number of anilines is 1. The Kier molecular flexibility index (Phi) is 6.49. The van der Waals surface area contributed by atoms with Gasteiger partial charge in [-0.25, -0.2) is 13.2 Å². The first-order chi connectivity index (χ1) is 10.9. The summed E-state index contributed by atoms with van der Waals surface area (Å²) < 4.78 is 22.7. The zero-order valence-electron chi connectivity index (χ0n) is 12.6. The van der Waals surface area contributed by atoms with Crippen molar-refractivity contribution < 1.29 is 13.2 Å². The van der Waals surface area contributed by atoms with E-state index in [1.54, 1.807) is 35.2 Å². The van der Waals surface area contributed by atoms with Crippen molar-refractivity contribution in [1.82, 2.24) is 5.32 Å². The highest BCUT2D eigenvalue weighted by Gasteiger charge is 2.07. The Hall–Kier alpha value is -1.51. The molecule has 8 heteroatoms. The highest BCUT2D eigenvalue weighted by Crippen LogP contribution is 2.16. The molecule has 0 aliphatic heterocycles. The molecule has 0 unspecified atom stereocenters. The molecule has 0 saturated heterocycles. The van der Waals surface area contributed by atoms with Crippen molar-refractivity contribution in [2.24, 2.45) is 0 Å². The fourth-order valence-electron chi connectivity index (χ4n) is 1.76. The van der Waals surface area contributed by atoms with Crippen LogP contribution in [-0.4, -0.2) is 33.0 Å². The molecule has 2 aromatic rings. The molecule has 0 radical (unpaired) electrons. The van der Waals surface area contributed by atoms with Crippen LogP contribution in [0.1, 0.15) is 4.88 Å². The fraction of sp³-hybridized carbons (Fsp3) is 0.267. The van der Waals surface area contributed by atoms with Crippen molar-refractivity contribution in [2.75, 3.05) is 23.9 Å². The van der Waals surface area contributed by atoms with E-state index in [0.29, 0.717) is 12.2 Å². The topological polar surface area (TPSA) is 75.3 Å². The van der Waals surface area contributed by atoms with E-state index in [1.807, 2.05) is 6.07 Å². The molecule has 0 bridgehead atoms. The second kappa shape index (κ2) is 8.37. The molecule has 0 atom stereocenters. The summed E-state index contributed by atoms with van der Waals surface area (Å²) in [5, 5.41) is 7.50. The number of hydrogen-bond donors (Lipinski definition) is 2. The van der Waals surface area contributed by atoms with Gasteiger partial charge in [0.1, 0.15) is 0 Å². The van der Waals surface area contributed by atoms with Gasteiger partial charge in [-0.1, -0.05) is 6.07 Å². The Morgan fingerprint density at radius 1 is 1.22 bits per heavy atom. The molecule has 23 heavy (non-hydrogen) atoms. The third kappa shape index (κ3) is 6.25. The molecule has 1 aromatic heterocycles. The number of urea groups is 1. The number of sulfone groups is 1. The van der Waals surface area contributed by atoms with Crippen LogP contribution in [0.4, 0.5) is 10.5 Å². The summed E-state index contributed by atoms with van der Waals surface area (Å²) in [6.45, 7) is 0.573. The van der Waals surface area contributed by atoms with Crippen LogP contribution >= 0.6 is 23.1 Å². The zero-order chi connectivity index (χ0) is 16.7. The number of thioether (sulfide) groups is 1. The van der Waals surface area contributed by atoms with Crippen LogP contribution in [0.3, 0.4) is 0 Å². The van der Waals surface area contributed by atoms with Gasteiger partial charge in [-0.05, 0) is 35.7 Å². The second-order valence-electron chi connectivity index (χ2n) is 4.81. The Labute approximate surface area is 144 Å². The van der Waals surface area contributed by atoms with E-state index in [4.69, 9.17) is 0 Å². The van der Waals surface area contributed by atoms with Crippen LogP contribution in [0.2, 0.25) is 0 Å². The summed E-state index contributed by atoms with van der Waals surface area (Å²) in [5.41, 5.74) is 0.557. The van der Waals surface area contributed by atoms with Gasteiger partial charge in [-0.15, -0.1) is 11.3 Å². The minimum Gasteiger partial charge on any atom is -0.337 e. The summed E-state index contributed by atoms with van der Waals surface area (Å²) in [6.07, 6.45) is 1.15. The number of carbonyl (C=O) groups is 1. The minimum absolute atomic E-state index is 0.230. The van der Waals surface area contributed by atoms with E-state index in [0.717, 1.165) is 17.8 Å². The van der Waals surface area contributed by atoms with E-state index in [2.05, 4.69) is 22.1 Å². The highest BCUT2D eigenvalue weighted by atomic mass is 32.2. The van der Waals surface area contributed by atoms with Crippen LogP contribution in [0, 0.1) is 0 Å². The quantitative estimate of drug-likeness (QED) is 0.734. The predicted molar refractivity (Wildman–Crippen MR) is 97.1 cm³/mol. The number of rotatable bonds is 7. The van der Waals surface area contributed by atoms with Gasteiger partial charge in [0.25, 0.3) is 0 Å². The largest absolute Gasteiger partial charge is 0.337 e. The molecule has 0 saturated carbocycles. The van der Waals surface area contributed by atoms with Gasteiger partial charge in [0.05, 0.1) is 4.90 Å². The first kappa shape index (κ1) is 17.8. The summed E-state index contributed by atoms with van der Waals surface area (Å²) in [7, 11) is -3.22. The molecule has 124 valence electrons. The number of amides is 2. The maximum absolute atomic E-state index is 11.7. The number of nitrogens with one attached hydrogen (secondary N) is 2. The standard InChI is InChI=1S/C15H18N2O3S3/c1-23(19,20)14-6-4-12(5-7-14)17-15(18)16-8-10-21-11-13-3-2-9-22-13/h2-7,9H,8,10-11H2,1H3,(H2,16,17,18). The van der Waals surface area contributed by atoms with Gasteiger partial charge in [0.15, 0.2) is 9.84 Å². The van der Waals surface area contributed by atoms with Crippen molar-refractivity contribution >= 4 is 44.7 Å². The van der Waals surface area contributed by atoms with E-state index in [9.17, 15) is 13.2 Å². The second-order valence-corrected chi connectivity index (χ2v) is 8.96. The summed E-state index contributed by atoms with van der Waals surface area (Å²) in [6, 6.07) is 9.92. The maximum atomic E-state index is 11.7. The van der Waals surface area contributed by atoms with Crippen LogP contribution in [0.5, 0.6) is 0 Å². The molecule has 2 rings (SSSR count). The molecular formula is C15H18N2O3S3. The van der Waals surface area contributed by atoms with Gasteiger partial charge in [-0.3, -0.25) is 0 Å². The van der Waals surface area contributed by atoms with Crippen molar-refractivity contribution in [3.63, 3.8) is 0 Å². The molecule has 0 aliphatic rings. The number of carbonyl (C=O) groups excluding carboxylic acids is 1. The van der Waals surface area contributed by atoms with Crippen molar-refractivity contribution in [3.8, 4) is 0 Å². The first-order valence-electron chi connectivity index (χ1n) is 6.90. The van der Waals surface area contributed by atoms with Gasteiger partial charge in [-0.2, -0.15) is 11.8 Å². The van der Waals surface area contributed by atoms with E-state index in [-0.39, 0.29) is 10.9 Å². The number of benzene rings is 1. The fourth-order valence-corrected chi connectivity index (χ4v) is 4.09. The summed E-state index contributed by atoms with van der Waals surface area (Å²) >= 11 is 3.49. The molecule has 2 amide bonds. The van der Waals surface area contributed by atoms with Crippen LogP contribution in [-0.2, 0) is 15.6 Å². The summed E-state index contributed by atoms with van der Waals surface area (Å²) in [4.78, 5) is 13.3. The number of thiophene rings is 1. The van der Waals surface area contributed by atoms with Gasteiger partial charge in [0, 0.05) is 34.9 Å². The maximum Gasteiger partial charge on any atom is 0.319 e. The Morgan fingerprint density at radius 3 is 2.57 bits per heavy atom. The SMILES string of the molecule is CS(=O)(=O)c1ccc(NC(=O)NCCSCc2cccs2)cc1. The smallest absolute Gasteiger partial charge is 0.319 e. The van der Waals surface area contributed by atoms with Gasteiger partial charge in [0.2, 0.25) is 0 Å². The highest BCUT2D eigenvalue weighted by molar-refractivity contribution is 7.98. The normalized spacial score (nSPS) is 11.2. The predicted octanol–water partition coefficient (Wildman–Crippen LogP) is 3.21. The molecule has 1 heterocycles. The van der Waals surface area contributed by atoms with E-state index < -0.39 is 9.84 Å². The molecule has 1 aromatic carbocycles. The first-order valence-corrected chi connectivity index (χ1v) is 10.8. The third-order valence-electron chi connectivity index (χ3n) is 2.90. The molecule has 0 spiro atoms. The average Bonchev–Trinajstić information content (AvgIpc) is 3.00. The Balaban J connectivity index is 1.68. The molecule has 0 aliphatic carbocycles. The third-order valence-corrected chi connectivity index (χ3v) is 6.09. The zero-order valence-corrected chi connectivity index (χ0v) is 15.1. The lowest BCUT2D eigenvalue weighted by molar-refractivity contribution is 0.252. The van der Waals surface area contributed by atoms with Crippen LogP contribution < -0.4 is 10.6 Å². The molecule has 0 fully saturated rings. The monoisotopic (exact) mass is 370 g/mol. The summed E-state index contributed by atoms with van der Waals surface area (Å²) in [5.74, 6) is 1.78. The Bertz CT molecular complexity index is 726. The van der Waals surface area contributed by atoms with Gasteiger partial charge >= 0.3 is 6.03 Å². The van der Waals surface area contributed by atoms with E-state index in [1.165, 1.54) is 17.0 Å². The lowest BCUT2D eigenvalue weighted by Crippen LogP contribution is -2.30. The van der Waals surface area contributed by atoms with Crippen molar-refractivity contribution in [1.29, 1.82) is 0 Å². The Morgan fingerprint density at radius 2 is 1.96 bits per heavy atom. The number of hydrogen-bond acceptors (Lipinski definition) is 5. The minimum atomic E-state index is -3.22. The van der Waals surface area contributed by atoms with Crippen molar-refractivity contribution in [2.45, 2.75) is 10.6 Å². The van der Waals surface area contributed by atoms with Crippen LogP contribution in [0.25, 0.3) is 0 Å². The molecule has 5 nitrogen and oxygen atoms in total. The molecule has 2 N–H and O–H groups in total. The lowest BCUT2D eigenvalue weighted by Gasteiger charge is -2.08. The molecular weight excluding hydrogens is 352 g/mol. The van der Waals surface area contributed by atoms with Crippen molar-refractivity contribution in [3.05, 3.63) is 46.7 Å². The van der Waals surface area contributed by atoms with E-state index >= 15 is 0 Å². The lowest BCUT2D eigenvalue weighted by atomic mass is 10.3. The van der Waals surface area contributed by atoms with Crippen LogP contribution in [0.15, 0.2) is 46.7 Å². The van der Waals surface area contributed by atoms with Gasteiger partial charge < -0.3 is 10.6 Å².